The molecule has 0 saturated carbocycles. The van der Waals surface area contributed by atoms with Crippen LogP contribution in [0.4, 0.5) is 5.69 Å². The minimum atomic E-state index is -0.315. The summed E-state index contributed by atoms with van der Waals surface area (Å²) >= 11 is 0. The first kappa shape index (κ1) is 27.2. The smallest absolute Gasteiger partial charge is 0.209 e. The first-order valence-corrected chi connectivity index (χ1v) is 14.7. The molecule has 2 aliphatic carbocycles. The van der Waals surface area contributed by atoms with Crippen LogP contribution in [0.1, 0.15) is 49.4 Å². The van der Waals surface area contributed by atoms with E-state index in [1.807, 2.05) is 44.3 Å². The summed E-state index contributed by atoms with van der Waals surface area (Å²) in [5, 5.41) is 14.7. The van der Waals surface area contributed by atoms with Crippen molar-refractivity contribution >= 4 is 33.7 Å². The Labute approximate surface area is 242 Å². The van der Waals surface area contributed by atoms with E-state index in [4.69, 9.17) is 4.74 Å². The molecule has 41 heavy (non-hydrogen) atoms. The van der Waals surface area contributed by atoms with Crippen molar-refractivity contribution in [2.24, 2.45) is 13.0 Å². The van der Waals surface area contributed by atoms with Gasteiger partial charge in [0.25, 0.3) is 0 Å². The Morgan fingerprint density at radius 2 is 1.80 bits per heavy atom. The highest BCUT2D eigenvalue weighted by Crippen LogP contribution is 2.46. The number of methoxy groups -OCH3 is 1. The van der Waals surface area contributed by atoms with Crippen LogP contribution < -0.4 is 5.11 Å². The summed E-state index contributed by atoms with van der Waals surface area (Å²) in [5.74, 6) is 0.206. The number of benzene rings is 2. The lowest BCUT2D eigenvalue weighted by molar-refractivity contribution is -0.441. The fraction of sp³-hybridized carbons (Fsp3) is 0.333. The van der Waals surface area contributed by atoms with Crippen LogP contribution in [0.25, 0.3) is 16.5 Å². The lowest BCUT2D eigenvalue weighted by atomic mass is 9.73. The van der Waals surface area contributed by atoms with Gasteiger partial charge in [-0.05, 0) is 38.7 Å². The standard InChI is InChI=1S/C36H38N2O3/c1-24-32(26-16-7-9-18-29(26)37(24)3)33-34(39)27(35(33)40)23-31-36(2,20-12-11-15-25-13-5-6-14-25)28-17-8-10-19-30(28)38(31)21-22-41-4/h5-10,13-14,16-19,23,25H,11-12,15,20-22H2,1-4H3. The van der Waals surface area contributed by atoms with Crippen LogP contribution in [0.5, 0.6) is 0 Å². The van der Waals surface area contributed by atoms with Gasteiger partial charge in [-0.3, -0.25) is 4.79 Å². The maximum absolute atomic E-state index is 13.8. The highest BCUT2D eigenvalue weighted by Gasteiger charge is 2.48. The average molecular weight is 547 g/mol. The lowest BCUT2D eigenvalue weighted by Gasteiger charge is -2.32. The Kier molecular flexibility index (Phi) is 7.16. The zero-order chi connectivity index (χ0) is 28.7. The second-order valence-electron chi connectivity index (χ2n) is 11.7. The van der Waals surface area contributed by atoms with Crippen LogP contribution in [0, 0.1) is 12.8 Å². The van der Waals surface area contributed by atoms with E-state index in [0.29, 0.717) is 24.6 Å². The van der Waals surface area contributed by atoms with Gasteiger partial charge in [0.15, 0.2) is 18.0 Å². The molecule has 0 bridgehead atoms. The molecule has 5 nitrogen and oxygen atoms in total. The normalized spacial score (nSPS) is 21.2. The van der Waals surface area contributed by atoms with E-state index >= 15 is 0 Å². The van der Waals surface area contributed by atoms with E-state index < -0.39 is 0 Å². The third-order valence-electron chi connectivity index (χ3n) is 9.33. The Balaban J connectivity index is 1.40. The number of carbonyl (C=O) groups excluding carboxylic acids is 1. The predicted molar refractivity (Wildman–Crippen MR) is 163 cm³/mol. The molecule has 5 heteroatoms. The quantitative estimate of drug-likeness (QED) is 0.176. The van der Waals surface area contributed by atoms with Gasteiger partial charge in [0.05, 0.1) is 5.41 Å². The van der Waals surface area contributed by atoms with E-state index in [2.05, 4.69) is 64.6 Å². The second-order valence-corrected chi connectivity index (χ2v) is 11.7. The Bertz CT molecular complexity index is 1680. The molecule has 3 aromatic rings. The van der Waals surface area contributed by atoms with Gasteiger partial charge in [-0.1, -0.05) is 79.3 Å². The summed E-state index contributed by atoms with van der Waals surface area (Å²) in [4.78, 5) is 13.8. The van der Waals surface area contributed by atoms with E-state index in [0.717, 1.165) is 59.2 Å². The van der Waals surface area contributed by atoms with Crippen molar-refractivity contribution in [3.8, 4) is 0 Å². The summed E-state index contributed by atoms with van der Waals surface area (Å²) in [7, 11) is 3.69. The molecule has 0 radical (unpaired) electrons. The molecule has 0 N–H and O–H groups in total. The van der Waals surface area contributed by atoms with Crippen molar-refractivity contribution < 1.29 is 19.2 Å². The number of carbonyl (C=O) groups is 1. The highest BCUT2D eigenvalue weighted by atomic mass is 16.5. The van der Waals surface area contributed by atoms with Gasteiger partial charge >= 0.3 is 0 Å². The van der Waals surface area contributed by atoms with Gasteiger partial charge in [0.2, 0.25) is 5.69 Å². The van der Waals surface area contributed by atoms with Gasteiger partial charge in [-0.2, -0.15) is 4.58 Å². The first-order chi connectivity index (χ1) is 19.9. The third kappa shape index (κ3) is 4.43. The minimum absolute atomic E-state index is 0.160. The van der Waals surface area contributed by atoms with Crippen molar-refractivity contribution in [1.82, 2.24) is 4.57 Å². The first-order valence-electron chi connectivity index (χ1n) is 14.7. The van der Waals surface area contributed by atoms with Gasteiger partial charge in [-0.25, -0.2) is 0 Å². The van der Waals surface area contributed by atoms with Crippen LogP contribution in [0.2, 0.25) is 0 Å². The number of ether oxygens (including phenoxy) is 1. The van der Waals surface area contributed by atoms with Crippen LogP contribution in [-0.4, -0.2) is 40.9 Å². The number of nitrogens with zero attached hydrogens (tertiary/aromatic N) is 2. The van der Waals surface area contributed by atoms with Crippen LogP contribution in [0.3, 0.4) is 0 Å². The number of allylic oxidation sites excluding steroid dienone is 7. The lowest BCUT2D eigenvalue weighted by Crippen LogP contribution is -2.35. The topological polar surface area (TPSA) is 57.3 Å². The Hall–Kier alpha value is -3.96. The molecule has 1 aromatic heterocycles. The van der Waals surface area contributed by atoms with E-state index in [1.165, 1.54) is 5.56 Å². The SMILES string of the molecule is COCC[N+]1=C(/C=C2\C(=O)C(c3c(C)n(C)c4ccccc34)=C2[O-])C(C)(CCCCC2C=CC=C2)c2ccccc21. The summed E-state index contributed by atoms with van der Waals surface area (Å²) in [6.45, 7) is 5.45. The summed E-state index contributed by atoms with van der Waals surface area (Å²) in [6, 6.07) is 16.5. The van der Waals surface area contributed by atoms with Crippen molar-refractivity contribution in [2.75, 3.05) is 20.3 Å². The molecule has 3 aliphatic rings. The molecule has 6 rings (SSSR count). The van der Waals surface area contributed by atoms with Gasteiger partial charge in [0, 0.05) is 65.2 Å². The number of aromatic nitrogens is 1. The Morgan fingerprint density at radius 1 is 1.07 bits per heavy atom. The van der Waals surface area contributed by atoms with Crippen molar-refractivity contribution in [3.63, 3.8) is 0 Å². The van der Waals surface area contributed by atoms with E-state index in [-0.39, 0.29) is 22.5 Å². The molecule has 2 aromatic carbocycles. The number of rotatable bonds is 10. The summed E-state index contributed by atoms with van der Waals surface area (Å²) in [6.07, 6.45) is 14.9. The van der Waals surface area contributed by atoms with E-state index in [1.54, 1.807) is 7.11 Å². The fourth-order valence-electron chi connectivity index (χ4n) is 6.94. The molecule has 2 heterocycles. The number of Topliss-reactive ketones (excluding diaryl/α,β-unsaturated/α-hetero) is 1. The molecule has 210 valence electrons. The van der Waals surface area contributed by atoms with Gasteiger partial charge in [-0.15, -0.1) is 0 Å². The largest absolute Gasteiger partial charge is 0.871 e. The van der Waals surface area contributed by atoms with E-state index in [9.17, 15) is 9.90 Å². The maximum Gasteiger partial charge on any atom is 0.209 e. The molecular weight excluding hydrogens is 508 g/mol. The molecule has 1 atom stereocenters. The number of para-hydroxylation sites is 2. The minimum Gasteiger partial charge on any atom is -0.871 e. The molecule has 1 unspecified atom stereocenters. The molecule has 0 saturated heterocycles. The average Bonchev–Trinajstić information content (AvgIpc) is 3.66. The monoisotopic (exact) mass is 546 g/mol. The molecular formula is C36H38N2O3. The zero-order valence-corrected chi connectivity index (χ0v) is 24.4. The number of unbranched alkanes of at least 4 members (excludes halogenated alkanes) is 1. The second kappa shape index (κ2) is 10.8. The summed E-state index contributed by atoms with van der Waals surface area (Å²) in [5.41, 5.74) is 6.39. The van der Waals surface area contributed by atoms with Gasteiger partial charge in [0.1, 0.15) is 6.61 Å². The fourth-order valence-corrected chi connectivity index (χ4v) is 6.94. The van der Waals surface area contributed by atoms with Crippen molar-refractivity contribution in [2.45, 2.75) is 44.9 Å². The molecule has 1 aliphatic heterocycles. The molecule has 0 spiro atoms. The number of aryl methyl sites for hydroxylation is 1. The third-order valence-corrected chi connectivity index (χ3v) is 9.33. The Morgan fingerprint density at radius 3 is 2.56 bits per heavy atom. The van der Waals surface area contributed by atoms with Crippen molar-refractivity contribution in [1.29, 1.82) is 0 Å². The van der Waals surface area contributed by atoms with Crippen molar-refractivity contribution in [3.05, 3.63) is 107 Å². The van der Waals surface area contributed by atoms with Crippen LogP contribution >= 0.6 is 0 Å². The number of fused-ring (bicyclic) bond motifs is 2. The maximum atomic E-state index is 13.8. The zero-order valence-electron chi connectivity index (χ0n) is 24.4. The summed E-state index contributed by atoms with van der Waals surface area (Å²) < 4.78 is 9.80. The predicted octanol–water partition coefficient (Wildman–Crippen LogP) is 6.07. The van der Waals surface area contributed by atoms with Gasteiger partial charge < -0.3 is 14.4 Å². The highest BCUT2D eigenvalue weighted by molar-refractivity contribution is 6.41. The molecule has 0 amide bonds. The number of hydrogen-bond donors (Lipinski definition) is 0. The number of hydrogen-bond acceptors (Lipinski definition) is 3. The molecule has 0 fully saturated rings. The van der Waals surface area contributed by atoms with Crippen LogP contribution in [0.15, 0.2) is 90.2 Å². The van der Waals surface area contributed by atoms with Crippen LogP contribution in [-0.2, 0) is 22.0 Å². The number of ketones is 1.